The summed E-state index contributed by atoms with van der Waals surface area (Å²) in [7, 11) is 0. The third-order valence-corrected chi connectivity index (χ3v) is 6.66. The zero-order valence-corrected chi connectivity index (χ0v) is 20.1. The molecule has 0 spiro atoms. The van der Waals surface area contributed by atoms with Gasteiger partial charge in [-0.25, -0.2) is 28.1 Å². The van der Waals surface area contributed by atoms with E-state index < -0.39 is 29.3 Å². The van der Waals surface area contributed by atoms with Crippen LogP contribution in [0.5, 0.6) is 0 Å². The van der Waals surface area contributed by atoms with Crippen molar-refractivity contribution in [2.75, 3.05) is 0 Å². The van der Waals surface area contributed by atoms with E-state index >= 15 is 0 Å². The quantitative estimate of drug-likeness (QED) is 0.458. The monoisotopic (exact) mass is 439 g/mol. The minimum atomic E-state index is -0.920. The van der Waals surface area contributed by atoms with Crippen molar-refractivity contribution in [3.05, 3.63) is 44.1 Å². The summed E-state index contributed by atoms with van der Waals surface area (Å²) in [5.41, 5.74) is -2.63. The molecule has 0 radical (unpaired) electrons. The van der Waals surface area contributed by atoms with Gasteiger partial charge >= 0.3 is 17.1 Å². The number of rotatable bonds is 13. The van der Waals surface area contributed by atoms with Crippen molar-refractivity contribution in [3.8, 4) is 0 Å². The lowest BCUT2D eigenvalue weighted by Gasteiger charge is -2.29. The Morgan fingerprint density at radius 2 is 1.23 bits per heavy atom. The molecule has 2 unspecified atom stereocenters. The van der Waals surface area contributed by atoms with E-state index in [0.717, 1.165) is 33.0 Å². The maximum Gasteiger partial charge on any atom is 0.336 e. The van der Waals surface area contributed by atoms with Gasteiger partial charge in [-0.15, -0.1) is 6.58 Å². The third-order valence-electron chi connectivity index (χ3n) is 6.66. The van der Waals surface area contributed by atoms with Crippen molar-refractivity contribution >= 4 is 0 Å². The number of aliphatic hydroxyl groups excluding tert-OH is 2. The highest BCUT2D eigenvalue weighted by molar-refractivity contribution is 4.85. The Balaban J connectivity index is 3.40. The normalized spacial score (nSPS) is 14.5. The molecule has 0 saturated carbocycles. The number of allylic oxidation sites excluding steroid dienone is 1. The van der Waals surface area contributed by atoms with Crippen LogP contribution >= 0.6 is 0 Å². The van der Waals surface area contributed by atoms with Gasteiger partial charge in [-0.1, -0.05) is 66.9 Å². The van der Waals surface area contributed by atoms with Crippen molar-refractivity contribution in [3.63, 3.8) is 0 Å². The number of nitrogens with zero attached hydrogens (tertiary/aromatic N) is 3. The van der Waals surface area contributed by atoms with Gasteiger partial charge < -0.3 is 10.2 Å². The average Bonchev–Trinajstić information content (AvgIpc) is 2.71. The van der Waals surface area contributed by atoms with Gasteiger partial charge in [0, 0.05) is 0 Å². The van der Waals surface area contributed by atoms with Gasteiger partial charge in [0.05, 0.1) is 31.8 Å². The van der Waals surface area contributed by atoms with E-state index in [9.17, 15) is 24.6 Å². The van der Waals surface area contributed by atoms with Crippen LogP contribution in [-0.2, 0) is 19.6 Å². The Bertz CT molecular complexity index is 905. The summed E-state index contributed by atoms with van der Waals surface area (Å²) in [6, 6.07) is 0. The second-order valence-corrected chi connectivity index (χ2v) is 9.72. The van der Waals surface area contributed by atoms with Crippen LogP contribution < -0.4 is 17.1 Å². The van der Waals surface area contributed by atoms with E-state index in [1.54, 1.807) is 0 Å². The Morgan fingerprint density at radius 3 is 1.61 bits per heavy atom. The molecule has 0 aromatic carbocycles. The average molecular weight is 440 g/mol. The van der Waals surface area contributed by atoms with Gasteiger partial charge in [0.2, 0.25) is 0 Å². The van der Waals surface area contributed by atoms with Crippen molar-refractivity contribution in [2.45, 2.75) is 105 Å². The second kappa shape index (κ2) is 11.1. The minimum Gasteiger partial charge on any atom is -0.391 e. The summed E-state index contributed by atoms with van der Waals surface area (Å²) < 4.78 is 2.71. The van der Waals surface area contributed by atoms with Gasteiger partial charge in [0.25, 0.3) is 0 Å². The van der Waals surface area contributed by atoms with Crippen molar-refractivity contribution in [1.29, 1.82) is 0 Å². The van der Waals surface area contributed by atoms with E-state index in [4.69, 9.17) is 0 Å². The molecule has 1 heterocycles. The second-order valence-electron chi connectivity index (χ2n) is 9.72. The van der Waals surface area contributed by atoms with E-state index in [1.165, 1.54) is 6.08 Å². The molecule has 1 aromatic rings. The first-order valence-corrected chi connectivity index (χ1v) is 11.3. The summed E-state index contributed by atoms with van der Waals surface area (Å²) in [4.78, 5) is 38.7. The van der Waals surface area contributed by atoms with Gasteiger partial charge in [0.1, 0.15) is 0 Å². The summed E-state index contributed by atoms with van der Waals surface area (Å²) in [5.74, 6) is 0. The third kappa shape index (κ3) is 7.04. The van der Waals surface area contributed by atoms with Crippen LogP contribution in [-0.4, -0.2) is 36.1 Å². The molecule has 2 atom stereocenters. The van der Waals surface area contributed by atoms with E-state index in [-0.39, 0.29) is 30.5 Å². The smallest absolute Gasteiger partial charge is 0.336 e. The first-order valence-electron chi connectivity index (χ1n) is 11.3. The standard InChI is InChI=1S/C23H41N3O5/c1-8-12-24-19(29)25(15-17(27)13-22(5,6)9-2)21(31)26(20(24)30)16-18(28)14-23(7,10-3)11-4/h8,17-18,27-28H,1,9-16H2,2-7H3. The number of hydrogen-bond acceptors (Lipinski definition) is 5. The maximum absolute atomic E-state index is 13.0. The highest BCUT2D eigenvalue weighted by Crippen LogP contribution is 2.31. The minimum absolute atomic E-state index is 0.0633. The molecular weight excluding hydrogens is 398 g/mol. The molecule has 1 aromatic heterocycles. The predicted octanol–water partition coefficient (Wildman–Crippen LogP) is 2.12. The molecule has 0 aliphatic carbocycles. The van der Waals surface area contributed by atoms with Crippen LogP contribution in [0.1, 0.15) is 73.6 Å². The molecule has 0 bridgehead atoms. The van der Waals surface area contributed by atoms with Gasteiger partial charge in [-0.05, 0) is 23.7 Å². The zero-order chi connectivity index (χ0) is 24.0. The van der Waals surface area contributed by atoms with Crippen LogP contribution in [0, 0.1) is 10.8 Å². The number of aliphatic hydroxyl groups is 2. The van der Waals surface area contributed by atoms with Crippen molar-refractivity contribution in [1.82, 2.24) is 13.7 Å². The summed E-state index contributed by atoms with van der Waals surface area (Å²) in [6.45, 7) is 15.3. The lowest BCUT2D eigenvalue weighted by Crippen LogP contribution is -2.56. The van der Waals surface area contributed by atoms with Crippen molar-refractivity contribution in [2.24, 2.45) is 10.8 Å². The van der Waals surface area contributed by atoms with Crippen LogP contribution in [0.4, 0.5) is 0 Å². The first-order chi connectivity index (χ1) is 14.3. The SMILES string of the molecule is C=CCn1c(=O)n(CC(O)CC(C)(C)CC)c(=O)n(CC(O)CC(C)(CC)CC)c1=O. The molecule has 8 nitrogen and oxygen atoms in total. The molecule has 178 valence electrons. The Kier molecular flexibility index (Phi) is 9.69. The molecule has 8 heteroatoms. The molecule has 1 rings (SSSR count). The van der Waals surface area contributed by atoms with E-state index in [1.807, 2.05) is 34.6 Å². The molecule has 31 heavy (non-hydrogen) atoms. The number of aromatic nitrogens is 3. The van der Waals surface area contributed by atoms with Crippen LogP contribution in [0.2, 0.25) is 0 Å². The van der Waals surface area contributed by atoms with Gasteiger partial charge in [-0.2, -0.15) is 0 Å². The molecular formula is C23H41N3O5. The molecule has 2 N–H and O–H groups in total. The summed E-state index contributed by atoms with van der Waals surface area (Å²) in [5, 5.41) is 21.2. The molecule has 0 aliphatic rings. The number of hydrogen-bond donors (Lipinski definition) is 2. The molecule has 0 amide bonds. The summed E-state index contributed by atoms with van der Waals surface area (Å²) in [6.07, 6.45) is 2.95. The molecule has 0 fully saturated rings. The van der Waals surface area contributed by atoms with Gasteiger partial charge in [-0.3, -0.25) is 0 Å². The molecule has 0 aliphatic heterocycles. The van der Waals surface area contributed by atoms with E-state index in [0.29, 0.717) is 12.8 Å². The Hall–Kier alpha value is -1.93. The van der Waals surface area contributed by atoms with Crippen molar-refractivity contribution < 1.29 is 10.2 Å². The van der Waals surface area contributed by atoms with Crippen LogP contribution in [0.15, 0.2) is 27.0 Å². The van der Waals surface area contributed by atoms with Gasteiger partial charge in [0.15, 0.2) is 0 Å². The fourth-order valence-corrected chi connectivity index (χ4v) is 3.72. The molecule has 0 saturated heterocycles. The highest BCUT2D eigenvalue weighted by atomic mass is 16.3. The van der Waals surface area contributed by atoms with E-state index in [2.05, 4.69) is 13.5 Å². The largest absolute Gasteiger partial charge is 0.391 e. The lowest BCUT2D eigenvalue weighted by atomic mass is 9.79. The maximum atomic E-state index is 13.0. The first kappa shape index (κ1) is 27.1. The summed E-state index contributed by atoms with van der Waals surface area (Å²) >= 11 is 0. The topological polar surface area (TPSA) is 106 Å². The predicted molar refractivity (Wildman–Crippen MR) is 123 cm³/mol. The highest BCUT2D eigenvalue weighted by Gasteiger charge is 2.27. The Morgan fingerprint density at radius 1 is 0.806 bits per heavy atom. The fourth-order valence-electron chi connectivity index (χ4n) is 3.72. The fraction of sp³-hybridized carbons (Fsp3) is 0.783. The van der Waals surface area contributed by atoms with Crippen LogP contribution in [0.3, 0.4) is 0 Å². The van der Waals surface area contributed by atoms with Crippen LogP contribution in [0.25, 0.3) is 0 Å². The zero-order valence-electron chi connectivity index (χ0n) is 20.1. The lowest BCUT2D eigenvalue weighted by molar-refractivity contribution is 0.0792. The Labute approximate surface area is 184 Å².